The molecule has 5 nitrogen and oxygen atoms in total. The topological polar surface area (TPSA) is 66.8 Å². The van der Waals surface area contributed by atoms with Gasteiger partial charge < -0.3 is 14.7 Å². The van der Waals surface area contributed by atoms with Crippen molar-refractivity contribution in [3.8, 4) is 11.5 Å². The van der Waals surface area contributed by atoms with Gasteiger partial charge in [-0.15, -0.1) is 0 Å². The number of para-hydroxylation sites is 1. The highest BCUT2D eigenvalue weighted by molar-refractivity contribution is 6.14. The summed E-state index contributed by atoms with van der Waals surface area (Å²) in [6.45, 7) is 0.233. The lowest BCUT2D eigenvalue weighted by Gasteiger charge is -2.27. The van der Waals surface area contributed by atoms with Crippen molar-refractivity contribution in [1.82, 2.24) is 4.90 Å². The molecule has 5 heteroatoms. The minimum Gasteiger partial charge on any atom is -0.503 e. The first-order chi connectivity index (χ1) is 18.1. The van der Waals surface area contributed by atoms with Crippen LogP contribution in [0.15, 0.2) is 133 Å². The van der Waals surface area contributed by atoms with Crippen LogP contribution in [0.5, 0.6) is 11.5 Å². The highest BCUT2D eigenvalue weighted by Gasteiger charge is 2.43. The van der Waals surface area contributed by atoms with E-state index in [2.05, 4.69) is 0 Å². The van der Waals surface area contributed by atoms with Crippen molar-refractivity contribution >= 4 is 17.8 Å². The number of ketones is 1. The van der Waals surface area contributed by atoms with Gasteiger partial charge in [0.2, 0.25) is 0 Å². The summed E-state index contributed by atoms with van der Waals surface area (Å²) in [5, 5.41) is 10.9. The lowest BCUT2D eigenvalue weighted by atomic mass is 9.95. The SMILES string of the molecule is O=C(C=Cc1ccccc1)C1=C(O)C(=O)N(Cc2ccccc2)C1c1cccc(Oc2ccccc2)c1. The zero-order valence-corrected chi connectivity index (χ0v) is 20.0. The monoisotopic (exact) mass is 487 g/mol. The second-order valence-corrected chi connectivity index (χ2v) is 8.68. The van der Waals surface area contributed by atoms with Crippen molar-refractivity contribution < 1.29 is 19.4 Å². The summed E-state index contributed by atoms with van der Waals surface area (Å²) in [6.07, 6.45) is 3.08. The molecule has 5 rings (SSSR count). The summed E-state index contributed by atoms with van der Waals surface area (Å²) in [5.74, 6) is -0.306. The maximum absolute atomic E-state index is 13.4. The van der Waals surface area contributed by atoms with Gasteiger partial charge >= 0.3 is 0 Å². The van der Waals surface area contributed by atoms with Gasteiger partial charge in [-0.1, -0.05) is 97.1 Å². The molecule has 0 aromatic heterocycles. The fraction of sp³-hybridized carbons (Fsp3) is 0.0625. The average molecular weight is 488 g/mol. The summed E-state index contributed by atoms with van der Waals surface area (Å²) in [4.78, 5) is 28.2. The molecule has 0 fully saturated rings. The molecule has 1 atom stereocenters. The zero-order chi connectivity index (χ0) is 25.6. The molecular weight excluding hydrogens is 462 g/mol. The number of hydrogen-bond donors (Lipinski definition) is 1. The third-order valence-electron chi connectivity index (χ3n) is 6.14. The molecule has 1 aliphatic heterocycles. The third-order valence-corrected chi connectivity index (χ3v) is 6.14. The van der Waals surface area contributed by atoms with Gasteiger partial charge in [0.15, 0.2) is 11.5 Å². The van der Waals surface area contributed by atoms with Crippen LogP contribution < -0.4 is 4.74 Å². The number of nitrogens with zero attached hydrogens (tertiary/aromatic N) is 1. The largest absolute Gasteiger partial charge is 0.503 e. The molecule has 1 aliphatic rings. The number of carbonyl (C=O) groups excluding carboxylic acids is 2. The summed E-state index contributed by atoms with van der Waals surface area (Å²) in [6, 6.07) is 34.8. The van der Waals surface area contributed by atoms with Crippen LogP contribution in [0.1, 0.15) is 22.7 Å². The molecule has 0 radical (unpaired) electrons. The van der Waals surface area contributed by atoms with Crippen LogP contribution in [0.4, 0.5) is 0 Å². The van der Waals surface area contributed by atoms with E-state index < -0.39 is 23.5 Å². The zero-order valence-electron chi connectivity index (χ0n) is 20.0. The van der Waals surface area contributed by atoms with Crippen molar-refractivity contribution in [1.29, 1.82) is 0 Å². The first-order valence-corrected chi connectivity index (χ1v) is 12.0. The Morgan fingerprint density at radius 1 is 0.811 bits per heavy atom. The van der Waals surface area contributed by atoms with Gasteiger partial charge in [-0.2, -0.15) is 0 Å². The molecule has 4 aromatic carbocycles. The van der Waals surface area contributed by atoms with Crippen molar-refractivity contribution in [2.45, 2.75) is 12.6 Å². The summed E-state index contributed by atoms with van der Waals surface area (Å²) >= 11 is 0. The molecule has 0 aliphatic carbocycles. The van der Waals surface area contributed by atoms with E-state index in [1.165, 1.54) is 11.0 Å². The van der Waals surface area contributed by atoms with E-state index in [0.29, 0.717) is 17.1 Å². The van der Waals surface area contributed by atoms with Crippen molar-refractivity contribution in [2.24, 2.45) is 0 Å². The first-order valence-electron chi connectivity index (χ1n) is 12.0. The van der Waals surface area contributed by atoms with E-state index >= 15 is 0 Å². The summed E-state index contributed by atoms with van der Waals surface area (Å²) in [7, 11) is 0. The molecule has 1 unspecified atom stereocenters. The molecule has 0 spiro atoms. The number of aliphatic hydroxyl groups is 1. The van der Waals surface area contributed by atoms with Gasteiger partial charge in [-0.3, -0.25) is 9.59 Å². The molecule has 1 amide bonds. The standard InChI is InChI=1S/C32H25NO4/c34-28(20-19-23-11-4-1-5-12-23)29-30(33(32(36)31(29)35)22-24-13-6-2-7-14-24)25-15-10-18-27(21-25)37-26-16-8-3-9-17-26/h1-21,30,35H,22H2. The fourth-order valence-electron chi connectivity index (χ4n) is 4.39. The number of benzene rings is 4. The molecular formula is C32H25NO4. The second kappa shape index (κ2) is 10.8. The Labute approximate surface area is 215 Å². The van der Waals surface area contributed by atoms with E-state index in [9.17, 15) is 14.7 Å². The van der Waals surface area contributed by atoms with Gasteiger partial charge in [0.1, 0.15) is 11.5 Å². The number of allylic oxidation sites excluding steroid dienone is 1. The number of carbonyl (C=O) groups is 2. The Bertz CT molecular complexity index is 1460. The van der Waals surface area contributed by atoms with Crippen molar-refractivity contribution in [2.75, 3.05) is 0 Å². The number of ether oxygens (including phenoxy) is 1. The Hall–Kier alpha value is -4.90. The normalized spacial score (nSPS) is 15.4. The molecule has 37 heavy (non-hydrogen) atoms. The molecule has 0 saturated heterocycles. The number of hydrogen-bond acceptors (Lipinski definition) is 4. The van der Waals surface area contributed by atoms with Crippen molar-refractivity contribution in [3.63, 3.8) is 0 Å². The quantitative estimate of drug-likeness (QED) is 0.282. The van der Waals surface area contributed by atoms with Crippen LogP contribution in [-0.2, 0) is 16.1 Å². The van der Waals surface area contributed by atoms with E-state index in [-0.39, 0.29) is 12.1 Å². The maximum atomic E-state index is 13.4. The highest BCUT2D eigenvalue weighted by Crippen LogP contribution is 2.40. The predicted molar refractivity (Wildman–Crippen MR) is 143 cm³/mol. The van der Waals surface area contributed by atoms with Gasteiger partial charge in [-0.25, -0.2) is 0 Å². The number of rotatable bonds is 8. The van der Waals surface area contributed by atoms with E-state index in [4.69, 9.17) is 4.74 Å². The minimum absolute atomic E-state index is 0.0463. The second-order valence-electron chi connectivity index (χ2n) is 8.68. The molecule has 4 aromatic rings. The van der Waals surface area contributed by atoms with Gasteiger partial charge in [0.25, 0.3) is 5.91 Å². The van der Waals surface area contributed by atoms with E-state index in [1.807, 2.05) is 109 Å². The molecule has 1 N–H and O–H groups in total. The smallest absolute Gasteiger partial charge is 0.290 e. The van der Waals surface area contributed by atoms with Gasteiger partial charge in [0, 0.05) is 6.54 Å². The Balaban J connectivity index is 1.52. The molecule has 0 bridgehead atoms. The average Bonchev–Trinajstić information content (AvgIpc) is 3.19. The van der Waals surface area contributed by atoms with Crippen LogP contribution in [0.25, 0.3) is 6.08 Å². The van der Waals surface area contributed by atoms with Crippen LogP contribution in [-0.4, -0.2) is 21.7 Å². The van der Waals surface area contributed by atoms with Crippen LogP contribution in [0.3, 0.4) is 0 Å². The molecule has 1 heterocycles. The van der Waals surface area contributed by atoms with E-state index in [1.54, 1.807) is 12.1 Å². The molecule has 0 saturated carbocycles. The summed E-state index contributed by atoms with van der Waals surface area (Å²) in [5.41, 5.74) is 2.44. The predicted octanol–water partition coefficient (Wildman–Crippen LogP) is 6.66. The number of amides is 1. The van der Waals surface area contributed by atoms with Gasteiger partial charge in [-0.05, 0) is 47.0 Å². The third kappa shape index (κ3) is 5.36. The minimum atomic E-state index is -0.778. The Morgan fingerprint density at radius 2 is 1.43 bits per heavy atom. The van der Waals surface area contributed by atoms with Crippen LogP contribution in [0, 0.1) is 0 Å². The lowest BCUT2D eigenvalue weighted by molar-refractivity contribution is -0.130. The van der Waals surface area contributed by atoms with Crippen LogP contribution in [0.2, 0.25) is 0 Å². The van der Waals surface area contributed by atoms with E-state index in [0.717, 1.165) is 11.1 Å². The lowest BCUT2D eigenvalue weighted by Crippen LogP contribution is -2.30. The fourth-order valence-corrected chi connectivity index (χ4v) is 4.39. The summed E-state index contributed by atoms with van der Waals surface area (Å²) < 4.78 is 6.01. The molecule has 182 valence electrons. The Morgan fingerprint density at radius 3 is 2.14 bits per heavy atom. The highest BCUT2D eigenvalue weighted by atomic mass is 16.5. The maximum Gasteiger partial charge on any atom is 0.290 e. The first kappa shape index (κ1) is 23.8. The Kier molecular flexibility index (Phi) is 6.95. The van der Waals surface area contributed by atoms with Crippen molar-refractivity contribution in [3.05, 3.63) is 149 Å². The number of aliphatic hydroxyl groups excluding tert-OH is 1. The van der Waals surface area contributed by atoms with Gasteiger partial charge in [0.05, 0.1) is 11.6 Å². The van der Waals surface area contributed by atoms with Crippen LogP contribution >= 0.6 is 0 Å².